The van der Waals surface area contributed by atoms with Crippen molar-refractivity contribution >= 4 is 11.7 Å². The van der Waals surface area contributed by atoms with E-state index in [-0.39, 0.29) is 11.4 Å². The van der Waals surface area contributed by atoms with Gasteiger partial charge in [-0.2, -0.15) is 0 Å². The molecule has 0 aliphatic rings. The molecule has 0 spiro atoms. The number of aliphatic carboxylic acids is 1. The van der Waals surface area contributed by atoms with Gasteiger partial charge >= 0.3 is 11.7 Å². The Bertz CT molecular complexity index is 404. The van der Waals surface area contributed by atoms with E-state index in [2.05, 4.69) is 4.98 Å². The largest absolute Gasteiger partial charge is 0.479 e. The first-order valence-electron chi connectivity index (χ1n) is 3.96. The molecule has 1 N–H and O–H groups in total. The van der Waals surface area contributed by atoms with Crippen LogP contribution in [0.5, 0.6) is 5.75 Å². The van der Waals surface area contributed by atoms with Crippen molar-refractivity contribution in [2.24, 2.45) is 0 Å². The SMILES string of the molecule is Cc1cc([N+](=O)[O-])c(OCC(=O)O)cn1. The van der Waals surface area contributed by atoms with E-state index >= 15 is 0 Å². The summed E-state index contributed by atoms with van der Waals surface area (Å²) in [6.07, 6.45) is 1.14. The first-order chi connectivity index (χ1) is 7.00. The zero-order chi connectivity index (χ0) is 11.4. The van der Waals surface area contributed by atoms with Gasteiger partial charge in [-0.15, -0.1) is 0 Å². The molecule has 1 rings (SSSR count). The fourth-order valence-electron chi connectivity index (χ4n) is 0.926. The van der Waals surface area contributed by atoms with Crippen LogP contribution in [-0.4, -0.2) is 27.6 Å². The van der Waals surface area contributed by atoms with Crippen molar-refractivity contribution in [1.29, 1.82) is 0 Å². The summed E-state index contributed by atoms with van der Waals surface area (Å²) < 4.78 is 4.71. The fraction of sp³-hybridized carbons (Fsp3) is 0.250. The first kappa shape index (κ1) is 10.9. The molecule has 0 fully saturated rings. The number of carboxylic acids is 1. The van der Waals surface area contributed by atoms with Gasteiger partial charge in [-0.25, -0.2) is 4.79 Å². The quantitative estimate of drug-likeness (QED) is 0.583. The predicted octanol–water partition coefficient (Wildman–Crippen LogP) is 0.762. The Balaban J connectivity index is 2.95. The average molecular weight is 212 g/mol. The van der Waals surface area contributed by atoms with Crippen LogP contribution in [0, 0.1) is 17.0 Å². The number of hydrogen-bond acceptors (Lipinski definition) is 5. The summed E-state index contributed by atoms with van der Waals surface area (Å²) in [4.78, 5) is 23.9. The van der Waals surface area contributed by atoms with Gasteiger partial charge in [0.25, 0.3) is 0 Å². The highest BCUT2D eigenvalue weighted by atomic mass is 16.6. The summed E-state index contributed by atoms with van der Waals surface area (Å²) in [5, 5.41) is 18.9. The fourth-order valence-corrected chi connectivity index (χ4v) is 0.926. The number of aryl methyl sites for hydroxylation is 1. The number of rotatable bonds is 4. The third-order valence-corrected chi connectivity index (χ3v) is 1.53. The van der Waals surface area contributed by atoms with E-state index in [1.54, 1.807) is 6.92 Å². The molecular weight excluding hydrogens is 204 g/mol. The molecule has 1 aromatic heterocycles. The number of aromatic nitrogens is 1. The molecule has 1 heterocycles. The second-order valence-corrected chi connectivity index (χ2v) is 2.73. The summed E-state index contributed by atoms with van der Waals surface area (Å²) in [5.41, 5.74) is 0.174. The molecule has 15 heavy (non-hydrogen) atoms. The third-order valence-electron chi connectivity index (χ3n) is 1.53. The van der Waals surface area contributed by atoms with Crippen LogP contribution < -0.4 is 4.74 Å². The lowest BCUT2D eigenvalue weighted by Crippen LogP contribution is -2.10. The van der Waals surface area contributed by atoms with Crippen molar-refractivity contribution in [3.8, 4) is 5.75 Å². The zero-order valence-corrected chi connectivity index (χ0v) is 7.84. The maximum absolute atomic E-state index is 10.6. The van der Waals surface area contributed by atoms with Crippen LogP contribution in [0.2, 0.25) is 0 Å². The number of nitrogens with zero attached hydrogens (tertiary/aromatic N) is 2. The van der Waals surface area contributed by atoms with Crippen LogP contribution in [0.3, 0.4) is 0 Å². The molecule has 1 aromatic rings. The minimum atomic E-state index is -1.20. The molecule has 80 valence electrons. The first-order valence-corrected chi connectivity index (χ1v) is 3.96. The lowest BCUT2D eigenvalue weighted by Gasteiger charge is -2.03. The Kier molecular flexibility index (Phi) is 3.17. The number of carbonyl (C=O) groups is 1. The van der Waals surface area contributed by atoms with E-state index in [4.69, 9.17) is 9.84 Å². The molecular formula is C8H8N2O5. The van der Waals surface area contributed by atoms with Crippen LogP contribution in [0.4, 0.5) is 5.69 Å². The van der Waals surface area contributed by atoms with E-state index < -0.39 is 17.5 Å². The minimum Gasteiger partial charge on any atom is -0.479 e. The highest BCUT2D eigenvalue weighted by Crippen LogP contribution is 2.25. The van der Waals surface area contributed by atoms with Gasteiger partial charge in [-0.1, -0.05) is 0 Å². The van der Waals surface area contributed by atoms with Gasteiger partial charge < -0.3 is 9.84 Å². The van der Waals surface area contributed by atoms with Crippen LogP contribution >= 0.6 is 0 Å². The Hall–Kier alpha value is -2.18. The van der Waals surface area contributed by atoms with Crippen molar-refractivity contribution in [2.75, 3.05) is 6.61 Å². The van der Waals surface area contributed by atoms with Gasteiger partial charge in [-0.3, -0.25) is 15.1 Å². The standard InChI is InChI=1S/C8H8N2O5/c1-5-2-6(10(13)14)7(3-9-5)15-4-8(11)12/h2-3H,4H2,1H3,(H,11,12). The number of nitro groups is 1. The summed E-state index contributed by atoms with van der Waals surface area (Å²) in [6, 6.07) is 1.22. The molecule has 0 aliphatic heterocycles. The maximum atomic E-state index is 10.6. The van der Waals surface area contributed by atoms with Gasteiger partial charge in [0.1, 0.15) is 0 Å². The van der Waals surface area contributed by atoms with E-state index in [0.29, 0.717) is 5.69 Å². The van der Waals surface area contributed by atoms with Crippen molar-refractivity contribution in [3.05, 3.63) is 28.1 Å². The predicted molar refractivity (Wildman–Crippen MR) is 48.8 cm³/mol. The van der Waals surface area contributed by atoms with Crippen LogP contribution in [0.15, 0.2) is 12.3 Å². The third kappa shape index (κ3) is 2.90. The molecule has 0 aromatic carbocycles. The molecule has 7 heteroatoms. The van der Waals surface area contributed by atoms with Crippen molar-refractivity contribution in [2.45, 2.75) is 6.92 Å². The second kappa shape index (κ2) is 4.36. The summed E-state index contributed by atoms with van der Waals surface area (Å²) >= 11 is 0. The second-order valence-electron chi connectivity index (χ2n) is 2.73. The summed E-state index contributed by atoms with van der Waals surface area (Å²) in [6.45, 7) is 0.958. The average Bonchev–Trinajstić information content (AvgIpc) is 2.15. The van der Waals surface area contributed by atoms with Gasteiger partial charge in [0, 0.05) is 11.8 Å². The number of pyridine rings is 1. The van der Waals surface area contributed by atoms with Crippen LogP contribution in [0.1, 0.15) is 5.69 Å². The Labute approximate surface area is 84.5 Å². The lowest BCUT2D eigenvalue weighted by molar-refractivity contribution is -0.386. The topological polar surface area (TPSA) is 103 Å². The Morgan fingerprint density at radius 2 is 2.40 bits per heavy atom. The number of hydrogen-bond donors (Lipinski definition) is 1. The lowest BCUT2D eigenvalue weighted by atomic mass is 10.3. The van der Waals surface area contributed by atoms with E-state index in [1.807, 2.05) is 0 Å². The van der Waals surface area contributed by atoms with Crippen molar-refractivity contribution < 1.29 is 19.6 Å². The van der Waals surface area contributed by atoms with E-state index in [0.717, 1.165) is 6.20 Å². The van der Waals surface area contributed by atoms with Crippen molar-refractivity contribution in [1.82, 2.24) is 4.98 Å². The molecule has 0 radical (unpaired) electrons. The Morgan fingerprint density at radius 3 is 2.93 bits per heavy atom. The summed E-state index contributed by atoms with van der Waals surface area (Å²) in [7, 11) is 0. The normalized spacial score (nSPS) is 9.67. The zero-order valence-electron chi connectivity index (χ0n) is 7.84. The molecule has 0 saturated heterocycles. The van der Waals surface area contributed by atoms with E-state index in [1.165, 1.54) is 6.07 Å². The molecule has 0 atom stereocenters. The van der Waals surface area contributed by atoms with Gasteiger partial charge in [0.2, 0.25) is 5.75 Å². The molecule has 0 amide bonds. The Morgan fingerprint density at radius 1 is 1.73 bits per heavy atom. The van der Waals surface area contributed by atoms with Gasteiger partial charge in [0.15, 0.2) is 6.61 Å². The smallest absolute Gasteiger partial charge is 0.341 e. The molecule has 0 unspecified atom stereocenters. The van der Waals surface area contributed by atoms with Gasteiger partial charge in [-0.05, 0) is 6.92 Å². The van der Waals surface area contributed by atoms with Gasteiger partial charge in [0.05, 0.1) is 11.1 Å². The van der Waals surface area contributed by atoms with Crippen LogP contribution in [0.25, 0.3) is 0 Å². The summed E-state index contributed by atoms with van der Waals surface area (Å²) in [5.74, 6) is -1.35. The van der Waals surface area contributed by atoms with Crippen molar-refractivity contribution in [3.63, 3.8) is 0 Å². The monoisotopic (exact) mass is 212 g/mol. The minimum absolute atomic E-state index is 0.145. The number of ether oxygens (including phenoxy) is 1. The molecule has 0 bridgehead atoms. The molecule has 0 saturated carbocycles. The maximum Gasteiger partial charge on any atom is 0.341 e. The highest BCUT2D eigenvalue weighted by Gasteiger charge is 2.16. The molecule has 0 aliphatic carbocycles. The highest BCUT2D eigenvalue weighted by molar-refractivity contribution is 5.68. The van der Waals surface area contributed by atoms with Crippen LogP contribution in [-0.2, 0) is 4.79 Å². The number of carboxylic acid groups (broad SMARTS) is 1. The van der Waals surface area contributed by atoms with E-state index in [9.17, 15) is 14.9 Å². The molecule has 7 nitrogen and oxygen atoms in total.